The number of imidazole rings is 1. The topological polar surface area (TPSA) is 28.7 Å². The molecule has 1 heterocycles. The molecule has 0 saturated carbocycles. The standard InChI is InChI=1S/C13H6Br2F2N2/c14-6-1-2-7(9(16)3-6)13-18-11-4-8(15)10(17)5-12(11)19-13/h1-5H,(H,18,19). The molecule has 0 unspecified atom stereocenters. The monoisotopic (exact) mass is 386 g/mol. The van der Waals surface area contributed by atoms with E-state index in [-0.39, 0.29) is 5.82 Å². The molecule has 2 aromatic carbocycles. The average Bonchev–Trinajstić information content (AvgIpc) is 2.72. The molecule has 0 aliphatic rings. The van der Waals surface area contributed by atoms with Crippen molar-refractivity contribution in [1.29, 1.82) is 0 Å². The van der Waals surface area contributed by atoms with Crippen LogP contribution in [0, 0.1) is 11.6 Å². The predicted molar refractivity (Wildman–Crippen MR) is 76.8 cm³/mol. The summed E-state index contributed by atoms with van der Waals surface area (Å²) in [6.45, 7) is 0. The van der Waals surface area contributed by atoms with Crippen LogP contribution in [0.25, 0.3) is 22.4 Å². The third kappa shape index (κ3) is 2.30. The van der Waals surface area contributed by atoms with Crippen LogP contribution in [0.3, 0.4) is 0 Å². The van der Waals surface area contributed by atoms with Gasteiger partial charge in [-0.25, -0.2) is 13.8 Å². The first kappa shape index (κ1) is 12.7. The van der Waals surface area contributed by atoms with Crippen LogP contribution in [0.15, 0.2) is 39.3 Å². The minimum absolute atomic E-state index is 0.328. The number of aromatic nitrogens is 2. The summed E-state index contributed by atoms with van der Waals surface area (Å²) in [6.07, 6.45) is 0. The number of hydrogen-bond donors (Lipinski definition) is 1. The molecule has 96 valence electrons. The highest BCUT2D eigenvalue weighted by atomic mass is 79.9. The normalized spacial score (nSPS) is 11.2. The number of hydrogen-bond acceptors (Lipinski definition) is 1. The van der Waals surface area contributed by atoms with Crippen LogP contribution >= 0.6 is 31.9 Å². The van der Waals surface area contributed by atoms with E-state index in [4.69, 9.17) is 0 Å². The first-order valence-electron chi connectivity index (χ1n) is 5.35. The minimum Gasteiger partial charge on any atom is -0.338 e. The molecule has 0 aliphatic heterocycles. The Morgan fingerprint density at radius 1 is 1.00 bits per heavy atom. The summed E-state index contributed by atoms with van der Waals surface area (Å²) >= 11 is 6.29. The zero-order valence-corrected chi connectivity index (χ0v) is 12.5. The van der Waals surface area contributed by atoms with Crippen LogP contribution in [-0.4, -0.2) is 9.97 Å². The lowest BCUT2D eigenvalue weighted by Crippen LogP contribution is -1.86. The highest BCUT2D eigenvalue weighted by Crippen LogP contribution is 2.27. The summed E-state index contributed by atoms with van der Waals surface area (Å²) in [5.41, 5.74) is 1.44. The maximum Gasteiger partial charge on any atom is 0.141 e. The second-order valence-electron chi connectivity index (χ2n) is 3.99. The molecule has 0 radical (unpaired) electrons. The Labute approximate surface area is 124 Å². The van der Waals surface area contributed by atoms with Crippen LogP contribution in [-0.2, 0) is 0 Å². The second kappa shape index (κ2) is 4.68. The molecule has 0 bridgehead atoms. The number of nitrogens with one attached hydrogen (secondary N) is 1. The third-order valence-electron chi connectivity index (χ3n) is 2.71. The van der Waals surface area contributed by atoms with Gasteiger partial charge in [-0.3, -0.25) is 0 Å². The Hall–Kier alpha value is -1.27. The molecule has 0 spiro atoms. The Morgan fingerprint density at radius 2 is 1.79 bits per heavy atom. The van der Waals surface area contributed by atoms with Gasteiger partial charge in [0.05, 0.1) is 21.1 Å². The molecule has 19 heavy (non-hydrogen) atoms. The van der Waals surface area contributed by atoms with Gasteiger partial charge in [0.1, 0.15) is 17.5 Å². The Kier molecular flexibility index (Phi) is 3.14. The highest BCUT2D eigenvalue weighted by Gasteiger charge is 2.12. The molecule has 3 rings (SSSR count). The Bertz CT molecular complexity index is 745. The van der Waals surface area contributed by atoms with Crippen molar-refractivity contribution >= 4 is 42.9 Å². The fourth-order valence-corrected chi connectivity index (χ4v) is 2.48. The van der Waals surface area contributed by atoms with Gasteiger partial charge in [0.25, 0.3) is 0 Å². The second-order valence-corrected chi connectivity index (χ2v) is 5.76. The number of fused-ring (bicyclic) bond motifs is 1. The van der Waals surface area contributed by atoms with Gasteiger partial charge in [-0.1, -0.05) is 15.9 Å². The van der Waals surface area contributed by atoms with E-state index in [9.17, 15) is 8.78 Å². The number of nitrogens with zero attached hydrogens (tertiary/aromatic N) is 1. The number of benzene rings is 2. The van der Waals surface area contributed by atoms with Crippen molar-refractivity contribution in [2.75, 3.05) is 0 Å². The zero-order chi connectivity index (χ0) is 13.6. The number of rotatable bonds is 1. The lowest BCUT2D eigenvalue weighted by molar-refractivity contribution is 0.623. The van der Waals surface area contributed by atoms with Crippen molar-refractivity contribution in [3.05, 3.63) is 50.9 Å². The maximum atomic E-state index is 13.8. The number of halogens is 4. The molecular weight excluding hydrogens is 382 g/mol. The summed E-state index contributed by atoms with van der Waals surface area (Å²) in [4.78, 5) is 7.18. The minimum atomic E-state index is -0.395. The molecule has 2 nitrogen and oxygen atoms in total. The first-order valence-corrected chi connectivity index (χ1v) is 6.93. The van der Waals surface area contributed by atoms with Crippen molar-refractivity contribution in [2.45, 2.75) is 0 Å². The lowest BCUT2D eigenvalue weighted by atomic mass is 10.2. The van der Waals surface area contributed by atoms with Crippen molar-refractivity contribution in [2.24, 2.45) is 0 Å². The van der Waals surface area contributed by atoms with Crippen LogP contribution in [0.5, 0.6) is 0 Å². The largest absolute Gasteiger partial charge is 0.338 e. The third-order valence-corrected chi connectivity index (χ3v) is 3.81. The summed E-state index contributed by atoms with van der Waals surface area (Å²) < 4.78 is 28.2. The van der Waals surface area contributed by atoms with Gasteiger partial charge in [-0.05, 0) is 40.2 Å². The smallest absolute Gasteiger partial charge is 0.141 e. The van der Waals surface area contributed by atoms with E-state index in [1.54, 1.807) is 18.2 Å². The molecule has 0 saturated heterocycles. The fourth-order valence-electron chi connectivity index (χ4n) is 1.81. The first-order chi connectivity index (χ1) is 9.04. The van der Waals surface area contributed by atoms with E-state index in [1.165, 1.54) is 12.1 Å². The number of aromatic amines is 1. The molecule has 0 aliphatic carbocycles. The lowest BCUT2D eigenvalue weighted by Gasteiger charge is -1.99. The van der Waals surface area contributed by atoms with Crippen molar-refractivity contribution in [1.82, 2.24) is 9.97 Å². The van der Waals surface area contributed by atoms with Gasteiger partial charge in [-0.2, -0.15) is 0 Å². The SMILES string of the molecule is Fc1cc2[nH]c(-c3ccc(Br)cc3F)nc2cc1Br. The van der Waals surface area contributed by atoms with Crippen LogP contribution in [0.4, 0.5) is 8.78 Å². The molecule has 0 amide bonds. The molecular formula is C13H6Br2F2N2. The van der Waals surface area contributed by atoms with Gasteiger partial charge in [0.2, 0.25) is 0 Å². The Balaban J connectivity index is 2.20. The predicted octanol–water partition coefficient (Wildman–Crippen LogP) is 5.03. The highest BCUT2D eigenvalue weighted by molar-refractivity contribution is 9.10. The zero-order valence-electron chi connectivity index (χ0n) is 9.35. The average molecular weight is 388 g/mol. The van der Waals surface area contributed by atoms with E-state index in [1.807, 2.05) is 0 Å². The van der Waals surface area contributed by atoms with Crippen LogP contribution in [0.1, 0.15) is 0 Å². The van der Waals surface area contributed by atoms with Crippen LogP contribution in [0.2, 0.25) is 0 Å². The van der Waals surface area contributed by atoms with Gasteiger partial charge in [0, 0.05) is 10.5 Å². The van der Waals surface area contributed by atoms with E-state index in [0.717, 1.165) is 0 Å². The quantitative estimate of drug-likeness (QED) is 0.623. The summed E-state index contributed by atoms with van der Waals surface area (Å²) in [5, 5.41) is 0. The summed E-state index contributed by atoms with van der Waals surface area (Å²) in [5.74, 6) is -0.413. The van der Waals surface area contributed by atoms with Crippen molar-refractivity contribution < 1.29 is 8.78 Å². The van der Waals surface area contributed by atoms with Gasteiger partial charge in [-0.15, -0.1) is 0 Å². The van der Waals surface area contributed by atoms with Crippen molar-refractivity contribution in [3.8, 4) is 11.4 Å². The summed E-state index contributed by atoms with van der Waals surface area (Å²) in [7, 11) is 0. The molecule has 3 aromatic rings. The molecule has 1 N–H and O–H groups in total. The molecule has 0 fully saturated rings. The summed E-state index contributed by atoms with van der Waals surface area (Å²) in [6, 6.07) is 7.58. The fraction of sp³-hybridized carbons (Fsp3) is 0. The van der Waals surface area contributed by atoms with E-state index < -0.39 is 5.82 Å². The molecule has 0 atom stereocenters. The Morgan fingerprint density at radius 3 is 2.53 bits per heavy atom. The van der Waals surface area contributed by atoms with E-state index in [2.05, 4.69) is 41.8 Å². The van der Waals surface area contributed by atoms with E-state index >= 15 is 0 Å². The maximum absolute atomic E-state index is 13.8. The number of H-pyrrole nitrogens is 1. The van der Waals surface area contributed by atoms with Crippen LogP contribution < -0.4 is 0 Å². The molecule has 6 heteroatoms. The van der Waals surface area contributed by atoms with Gasteiger partial charge in [0.15, 0.2) is 0 Å². The van der Waals surface area contributed by atoms with Gasteiger partial charge >= 0.3 is 0 Å². The van der Waals surface area contributed by atoms with Crippen molar-refractivity contribution in [3.63, 3.8) is 0 Å². The van der Waals surface area contributed by atoms with E-state index in [0.29, 0.717) is 31.4 Å². The van der Waals surface area contributed by atoms with Gasteiger partial charge < -0.3 is 4.98 Å². The molecule has 1 aromatic heterocycles.